The molecule has 0 aromatic heterocycles. The van der Waals surface area contributed by atoms with Gasteiger partial charge in [-0.25, -0.2) is 8.60 Å². The van der Waals surface area contributed by atoms with Crippen LogP contribution in [-0.4, -0.2) is 26.7 Å². The molecule has 0 saturated carbocycles. The van der Waals surface area contributed by atoms with Crippen molar-refractivity contribution in [3.05, 3.63) is 35.1 Å². The van der Waals surface area contributed by atoms with Crippen molar-refractivity contribution in [2.75, 3.05) is 0 Å². The van der Waals surface area contributed by atoms with Crippen molar-refractivity contribution in [3.63, 3.8) is 0 Å². The smallest absolute Gasteiger partial charge is 0.306 e. The Morgan fingerprint density at radius 1 is 1.25 bits per heavy atom. The Kier molecular flexibility index (Phi) is 6.84. The third-order valence-electron chi connectivity index (χ3n) is 2.96. The summed E-state index contributed by atoms with van der Waals surface area (Å²) >= 11 is 0. The van der Waals surface area contributed by atoms with E-state index in [1.807, 2.05) is 0 Å². The van der Waals surface area contributed by atoms with E-state index in [2.05, 4.69) is 4.40 Å². The molecule has 24 heavy (non-hydrogen) atoms. The van der Waals surface area contributed by atoms with Crippen LogP contribution in [0.2, 0.25) is 0 Å². The number of nitrogens with zero attached hydrogens (tertiary/aromatic N) is 1. The summed E-state index contributed by atoms with van der Waals surface area (Å²) < 4.78 is 34.8. The predicted molar refractivity (Wildman–Crippen MR) is 96.1 cm³/mol. The van der Waals surface area contributed by atoms with Gasteiger partial charge in [0.05, 0.1) is 4.75 Å². The first kappa shape index (κ1) is 20.5. The molecule has 0 aliphatic rings. The fourth-order valence-electron chi connectivity index (χ4n) is 1.83. The molecule has 0 heterocycles. The Morgan fingerprint density at radius 2 is 1.88 bits per heavy atom. The summed E-state index contributed by atoms with van der Waals surface area (Å²) in [4.78, 5) is 11.8. The van der Waals surface area contributed by atoms with E-state index in [9.17, 15) is 13.4 Å². The van der Waals surface area contributed by atoms with Gasteiger partial charge in [0.1, 0.15) is 22.4 Å². The lowest BCUT2D eigenvalue weighted by Gasteiger charge is -2.19. The van der Waals surface area contributed by atoms with Crippen LogP contribution < -0.4 is 0 Å². The number of esters is 1. The molecule has 0 saturated heterocycles. The lowest BCUT2D eigenvalue weighted by Crippen LogP contribution is -2.24. The molecule has 0 aliphatic heterocycles. The molecular weight excluding hydrogens is 329 g/mol. The van der Waals surface area contributed by atoms with Gasteiger partial charge in [0.25, 0.3) is 0 Å². The quantitative estimate of drug-likeness (QED) is 0.593. The van der Waals surface area contributed by atoms with Crippen molar-refractivity contribution >= 4 is 23.2 Å². The zero-order valence-corrected chi connectivity index (χ0v) is 16.0. The van der Waals surface area contributed by atoms with Crippen molar-refractivity contribution < 1.29 is 18.1 Å². The molecule has 6 heteroatoms. The molecule has 1 unspecified atom stereocenters. The van der Waals surface area contributed by atoms with E-state index in [0.29, 0.717) is 12.0 Å². The van der Waals surface area contributed by atoms with Crippen molar-refractivity contribution in [1.29, 1.82) is 0 Å². The van der Waals surface area contributed by atoms with Crippen LogP contribution in [0.3, 0.4) is 0 Å². The maximum atomic E-state index is 14.1. The minimum Gasteiger partial charge on any atom is -0.460 e. The molecule has 0 N–H and O–H groups in total. The number of carbonyl (C=O) groups excluding carboxylic acids is 1. The van der Waals surface area contributed by atoms with Gasteiger partial charge in [-0.05, 0) is 59.6 Å². The summed E-state index contributed by atoms with van der Waals surface area (Å²) in [5.74, 6) is -0.792. The Bertz CT molecular complexity index is 643. The highest BCUT2D eigenvalue weighted by Gasteiger charge is 2.19. The van der Waals surface area contributed by atoms with Crippen molar-refractivity contribution in [1.82, 2.24) is 0 Å². The fourth-order valence-corrected chi connectivity index (χ4v) is 2.35. The van der Waals surface area contributed by atoms with Gasteiger partial charge in [0.15, 0.2) is 0 Å². The Hall–Kier alpha value is -1.56. The van der Waals surface area contributed by atoms with Crippen molar-refractivity contribution in [2.24, 2.45) is 4.40 Å². The van der Waals surface area contributed by atoms with Crippen LogP contribution in [0, 0.1) is 5.82 Å². The first-order chi connectivity index (χ1) is 10.9. The molecule has 0 amide bonds. The van der Waals surface area contributed by atoms with Gasteiger partial charge in [-0.3, -0.25) is 4.79 Å². The van der Waals surface area contributed by atoms with Crippen LogP contribution in [0.1, 0.15) is 59.1 Å². The SMILES string of the molecule is CC(C)(C)OC(=O)CCc1cccc(F)c1C=NS(=O)C(C)(C)C. The lowest BCUT2D eigenvalue weighted by atomic mass is 10.0. The van der Waals surface area contributed by atoms with E-state index in [4.69, 9.17) is 4.74 Å². The normalized spacial score (nSPS) is 14.0. The zero-order valence-electron chi connectivity index (χ0n) is 15.2. The number of hydrogen-bond acceptors (Lipinski definition) is 3. The molecule has 1 atom stereocenters. The van der Waals surface area contributed by atoms with E-state index >= 15 is 0 Å². The second kappa shape index (κ2) is 8.01. The van der Waals surface area contributed by atoms with Crippen molar-refractivity contribution in [2.45, 2.75) is 64.7 Å². The van der Waals surface area contributed by atoms with Crippen LogP contribution in [-0.2, 0) is 26.9 Å². The van der Waals surface area contributed by atoms with E-state index < -0.39 is 27.2 Å². The van der Waals surface area contributed by atoms with E-state index in [-0.39, 0.29) is 18.0 Å². The lowest BCUT2D eigenvalue weighted by molar-refractivity contribution is -0.154. The highest BCUT2D eigenvalue weighted by Crippen LogP contribution is 2.17. The van der Waals surface area contributed by atoms with Crippen LogP contribution >= 0.6 is 0 Å². The van der Waals surface area contributed by atoms with Crippen LogP contribution in [0.5, 0.6) is 0 Å². The maximum Gasteiger partial charge on any atom is 0.306 e. The predicted octanol–water partition coefficient (Wildman–Crippen LogP) is 3.98. The number of halogens is 1. The number of hydrogen-bond donors (Lipinski definition) is 0. The van der Waals surface area contributed by atoms with Gasteiger partial charge in [0.2, 0.25) is 0 Å². The summed E-state index contributed by atoms with van der Waals surface area (Å²) in [7, 11) is -1.47. The third-order valence-corrected chi connectivity index (χ3v) is 4.31. The number of carbonyl (C=O) groups is 1. The summed E-state index contributed by atoms with van der Waals surface area (Å²) in [6, 6.07) is 4.63. The molecule has 0 bridgehead atoms. The maximum absolute atomic E-state index is 14.1. The van der Waals surface area contributed by atoms with Crippen LogP contribution in [0.25, 0.3) is 0 Å². The Balaban J connectivity index is 2.90. The topological polar surface area (TPSA) is 55.7 Å². The number of benzene rings is 1. The zero-order chi connectivity index (χ0) is 18.5. The summed E-state index contributed by atoms with van der Waals surface area (Å²) in [6.45, 7) is 10.8. The third kappa shape index (κ3) is 6.91. The summed E-state index contributed by atoms with van der Waals surface area (Å²) in [5.41, 5.74) is 0.349. The van der Waals surface area contributed by atoms with Gasteiger partial charge in [-0.1, -0.05) is 12.1 Å². The molecule has 0 spiro atoms. The average Bonchev–Trinajstić information content (AvgIpc) is 2.40. The number of ether oxygens (including phenoxy) is 1. The highest BCUT2D eigenvalue weighted by atomic mass is 32.2. The fraction of sp³-hybridized carbons (Fsp3) is 0.556. The van der Waals surface area contributed by atoms with Gasteiger partial charge < -0.3 is 4.74 Å². The summed E-state index contributed by atoms with van der Waals surface area (Å²) in [6.07, 6.45) is 1.77. The molecule has 4 nitrogen and oxygen atoms in total. The molecule has 134 valence electrons. The molecule has 0 fully saturated rings. The molecule has 0 radical (unpaired) electrons. The minimum absolute atomic E-state index is 0.143. The first-order valence-electron chi connectivity index (χ1n) is 7.85. The Morgan fingerprint density at radius 3 is 2.42 bits per heavy atom. The largest absolute Gasteiger partial charge is 0.460 e. The van der Waals surface area contributed by atoms with E-state index in [0.717, 1.165) is 0 Å². The van der Waals surface area contributed by atoms with Gasteiger partial charge in [-0.15, -0.1) is 0 Å². The second-order valence-corrected chi connectivity index (χ2v) is 9.43. The van der Waals surface area contributed by atoms with E-state index in [1.54, 1.807) is 53.7 Å². The van der Waals surface area contributed by atoms with Gasteiger partial charge in [-0.2, -0.15) is 4.40 Å². The standard InChI is InChI=1S/C18H26FNO3S/c1-17(2,3)23-16(21)11-10-13-8-7-9-15(19)14(13)12-20-24(22)18(4,5)6/h7-9,12H,10-11H2,1-6H3. The van der Waals surface area contributed by atoms with Gasteiger partial charge in [0, 0.05) is 18.2 Å². The molecule has 1 aromatic rings. The average molecular weight is 355 g/mol. The molecule has 0 aliphatic carbocycles. The number of rotatable bonds is 5. The molecular formula is C18H26FNO3S. The number of aryl methyl sites for hydroxylation is 1. The second-order valence-electron chi connectivity index (χ2n) is 7.50. The molecule has 1 aromatic carbocycles. The van der Waals surface area contributed by atoms with Crippen molar-refractivity contribution in [3.8, 4) is 0 Å². The minimum atomic E-state index is -1.47. The van der Waals surface area contributed by atoms with Gasteiger partial charge >= 0.3 is 5.97 Å². The molecule has 1 rings (SSSR count). The Labute approximate surface area is 146 Å². The van der Waals surface area contributed by atoms with Crippen LogP contribution in [0.15, 0.2) is 22.6 Å². The van der Waals surface area contributed by atoms with Crippen LogP contribution in [0.4, 0.5) is 4.39 Å². The highest BCUT2D eigenvalue weighted by molar-refractivity contribution is 7.85. The summed E-state index contributed by atoms with van der Waals surface area (Å²) in [5, 5.41) is 0. The monoisotopic (exact) mass is 355 g/mol. The van der Waals surface area contributed by atoms with E-state index in [1.165, 1.54) is 12.3 Å². The first-order valence-corrected chi connectivity index (χ1v) is 8.96.